The van der Waals surface area contributed by atoms with Crippen molar-refractivity contribution in [2.75, 3.05) is 7.11 Å². The van der Waals surface area contributed by atoms with Crippen molar-refractivity contribution in [1.29, 1.82) is 0 Å². The van der Waals surface area contributed by atoms with Gasteiger partial charge in [-0.05, 0) is 49.6 Å². The van der Waals surface area contributed by atoms with Crippen LogP contribution in [0.1, 0.15) is 24.3 Å². The number of ether oxygens (including phenoxy) is 1. The number of carbonyl (C=O) groups is 1. The molecule has 0 aliphatic heterocycles. The average Bonchev–Trinajstić information content (AvgIpc) is 2.99. The topological polar surface area (TPSA) is 68.1 Å². The molecule has 0 amide bonds. The summed E-state index contributed by atoms with van der Waals surface area (Å²) in [6.45, 7) is 3.01. The molecule has 6 heteroatoms. The molecule has 0 spiro atoms. The lowest BCUT2D eigenvalue weighted by Gasteiger charge is -2.21. The minimum absolute atomic E-state index is 0.485. The van der Waals surface area contributed by atoms with Crippen LogP contribution < -0.4 is 4.74 Å². The van der Waals surface area contributed by atoms with E-state index in [1.165, 1.54) is 21.0 Å². The van der Waals surface area contributed by atoms with E-state index in [0.29, 0.717) is 5.75 Å². The minimum Gasteiger partial charge on any atom is -0.478 e. The zero-order chi connectivity index (χ0) is 16.2. The highest BCUT2D eigenvalue weighted by molar-refractivity contribution is 7.12. The zero-order valence-electron chi connectivity index (χ0n) is 12.6. The molecule has 22 heavy (non-hydrogen) atoms. The maximum Gasteiger partial charge on any atom is 0.347 e. The molecule has 0 saturated heterocycles. The fourth-order valence-corrected chi connectivity index (χ4v) is 2.49. The number of carboxylic acid groups (broad SMARTS) is 1. The van der Waals surface area contributed by atoms with E-state index in [1.54, 1.807) is 23.5 Å². The molecule has 1 heterocycles. The van der Waals surface area contributed by atoms with Crippen molar-refractivity contribution < 1.29 is 19.5 Å². The van der Waals surface area contributed by atoms with E-state index >= 15 is 0 Å². The van der Waals surface area contributed by atoms with E-state index < -0.39 is 11.6 Å². The number of thiophene rings is 1. The van der Waals surface area contributed by atoms with Crippen molar-refractivity contribution in [2.45, 2.75) is 19.4 Å². The van der Waals surface area contributed by atoms with Crippen LogP contribution in [0.2, 0.25) is 0 Å². The van der Waals surface area contributed by atoms with Crippen LogP contribution >= 0.6 is 11.3 Å². The van der Waals surface area contributed by atoms with Crippen molar-refractivity contribution in [3.05, 3.63) is 52.2 Å². The number of rotatable bonds is 6. The van der Waals surface area contributed by atoms with Gasteiger partial charge in [-0.3, -0.25) is 0 Å². The van der Waals surface area contributed by atoms with Crippen LogP contribution in [0.4, 0.5) is 0 Å². The Kier molecular flexibility index (Phi) is 4.82. The van der Waals surface area contributed by atoms with Crippen LogP contribution in [0.15, 0.2) is 46.9 Å². The maximum absolute atomic E-state index is 11.1. The molecule has 1 N–H and O–H groups in total. The molecule has 116 valence electrons. The first-order valence-electron chi connectivity index (χ1n) is 6.62. The van der Waals surface area contributed by atoms with Crippen molar-refractivity contribution in [2.24, 2.45) is 5.16 Å². The average molecular weight is 319 g/mol. The highest BCUT2D eigenvalue weighted by atomic mass is 32.1. The minimum atomic E-state index is -1.28. The van der Waals surface area contributed by atoms with Crippen LogP contribution in [-0.4, -0.2) is 29.5 Å². The third-order valence-electron chi connectivity index (χ3n) is 2.95. The van der Waals surface area contributed by atoms with Crippen molar-refractivity contribution in [3.8, 4) is 5.75 Å². The van der Waals surface area contributed by atoms with Crippen LogP contribution in [0, 0.1) is 0 Å². The third-order valence-corrected chi connectivity index (χ3v) is 3.83. The zero-order valence-corrected chi connectivity index (χ0v) is 13.4. The molecule has 1 aromatic carbocycles. The molecule has 0 bridgehead atoms. The Morgan fingerprint density at radius 3 is 2.41 bits per heavy atom. The predicted octanol–water partition coefficient (Wildman–Crippen LogP) is 3.39. The Labute approximate surface area is 132 Å². The second kappa shape index (κ2) is 6.62. The van der Waals surface area contributed by atoms with Crippen LogP contribution in [-0.2, 0) is 9.63 Å². The summed E-state index contributed by atoms with van der Waals surface area (Å²) in [6, 6.07) is 11.0. The van der Waals surface area contributed by atoms with Gasteiger partial charge in [0, 0.05) is 5.56 Å². The second-order valence-corrected chi connectivity index (χ2v) is 5.99. The van der Waals surface area contributed by atoms with E-state index in [1.807, 2.05) is 29.6 Å². The lowest BCUT2D eigenvalue weighted by atomic mass is 10.1. The number of hydrogen-bond donors (Lipinski definition) is 1. The molecule has 2 rings (SSSR count). The summed E-state index contributed by atoms with van der Waals surface area (Å²) in [4.78, 5) is 17.0. The summed E-state index contributed by atoms with van der Waals surface area (Å²) < 4.78 is 5.48. The quantitative estimate of drug-likeness (QED) is 0.654. The molecule has 1 aromatic heterocycles. The highest BCUT2D eigenvalue weighted by Gasteiger charge is 2.29. The first kappa shape index (κ1) is 16.0. The van der Waals surface area contributed by atoms with Gasteiger partial charge in [-0.2, -0.15) is 0 Å². The van der Waals surface area contributed by atoms with E-state index in [4.69, 9.17) is 14.7 Å². The van der Waals surface area contributed by atoms with Gasteiger partial charge in [0.2, 0.25) is 0 Å². The van der Waals surface area contributed by atoms with Gasteiger partial charge in [-0.1, -0.05) is 11.2 Å². The molecular weight excluding hydrogens is 302 g/mol. The van der Waals surface area contributed by atoms with E-state index in [-0.39, 0.29) is 0 Å². The number of carboxylic acids is 1. The third kappa shape index (κ3) is 3.65. The van der Waals surface area contributed by atoms with Gasteiger partial charge in [0.15, 0.2) is 5.60 Å². The number of aliphatic carboxylic acids is 1. The van der Waals surface area contributed by atoms with Gasteiger partial charge in [0.25, 0.3) is 0 Å². The fourth-order valence-electron chi connectivity index (χ4n) is 1.76. The number of oxime groups is 1. The molecule has 0 aliphatic carbocycles. The van der Waals surface area contributed by atoms with Crippen LogP contribution in [0.25, 0.3) is 0 Å². The first-order valence-corrected chi connectivity index (χ1v) is 7.50. The molecule has 2 aromatic rings. The molecule has 0 fully saturated rings. The Morgan fingerprint density at radius 1 is 1.23 bits per heavy atom. The fraction of sp³-hybridized carbons (Fsp3) is 0.250. The Morgan fingerprint density at radius 2 is 1.91 bits per heavy atom. The number of hydrogen-bond acceptors (Lipinski definition) is 5. The second-order valence-electron chi connectivity index (χ2n) is 5.04. The molecule has 5 nitrogen and oxygen atoms in total. The SMILES string of the molecule is CO/N=C(/c1ccc(OC(C)(C)C(=O)O)cc1)c1cccs1. The standard InChI is InChI=1S/C16H17NO4S/c1-16(2,15(18)19)21-12-8-6-11(7-9-12)14(17-20-3)13-5-4-10-22-13/h4-10H,1-3H3,(H,18,19)/b17-14-. The van der Waals surface area contributed by atoms with Gasteiger partial charge >= 0.3 is 5.97 Å². The Hall–Kier alpha value is -2.34. The molecule has 0 radical (unpaired) electrons. The molecule has 0 unspecified atom stereocenters. The summed E-state index contributed by atoms with van der Waals surface area (Å²) in [7, 11) is 1.50. The summed E-state index contributed by atoms with van der Waals surface area (Å²) >= 11 is 1.56. The summed E-state index contributed by atoms with van der Waals surface area (Å²) in [5, 5.41) is 15.1. The number of benzene rings is 1. The summed E-state index contributed by atoms with van der Waals surface area (Å²) in [6.07, 6.45) is 0. The van der Waals surface area contributed by atoms with Gasteiger partial charge in [-0.25, -0.2) is 4.79 Å². The van der Waals surface area contributed by atoms with Crippen molar-refractivity contribution >= 4 is 23.0 Å². The lowest BCUT2D eigenvalue weighted by Crippen LogP contribution is -2.37. The van der Waals surface area contributed by atoms with E-state index in [0.717, 1.165) is 16.2 Å². The van der Waals surface area contributed by atoms with E-state index in [2.05, 4.69) is 5.16 Å². The van der Waals surface area contributed by atoms with Gasteiger partial charge in [-0.15, -0.1) is 11.3 Å². The van der Waals surface area contributed by atoms with Gasteiger partial charge < -0.3 is 14.7 Å². The number of nitrogens with zero attached hydrogens (tertiary/aromatic N) is 1. The predicted molar refractivity (Wildman–Crippen MR) is 85.8 cm³/mol. The largest absolute Gasteiger partial charge is 0.478 e. The summed E-state index contributed by atoms with van der Waals surface area (Å²) in [5.41, 5.74) is 0.310. The van der Waals surface area contributed by atoms with Crippen molar-refractivity contribution in [3.63, 3.8) is 0 Å². The summed E-state index contributed by atoms with van der Waals surface area (Å²) in [5.74, 6) is -0.532. The van der Waals surface area contributed by atoms with Crippen LogP contribution in [0.3, 0.4) is 0 Å². The lowest BCUT2D eigenvalue weighted by molar-refractivity contribution is -0.152. The molecular formula is C16H17NO4S. The van der Waals surface area contributed by atoms with Gasteiger partial charge in [0.05, 0.1) is 4.88 Å². The highest BCUT2D eigenvalue weighted by Crippen LogP contribution is 2.22. The normalized spacial score (nSPS) is 12.0. The maximum atomic E-state index is 11.1. The van der Waals surface area contributed by atoms with Crippen LogP contribution in [0.5, 0.6) is 5.75 Å². The Balaban J connectivity index is 2.24. The molecule has 0 saturated carbocycles. The smallest absolute Gasteiger partial charge is 0.347 e. The molecule has 0 atom stereocenters. The van der Waals surface area contributed by atoms with Crippen molar-refractivity contribution in [1.82, 2.24) is 0 Å². The van der Waals surface area contributed by atoms with E-state index in [9.17, 15) is 4.79 Å². The Bertz CT molecular complexity index is 660. The first-order chi connectivity index (χ1) is 10.4. The monoisotopic (exact) mass is 319 g/mol. The molecule has 0 aliphatic rings. The van der Waals surface area contributed by atoms with Gasteiger partial charge in [0.1, 0.15) is 18.6 Å².